The van der Waals surface area contributed by atoms with Crippen molar-refractivity contribution in [2.24, 2.45) is 0 Å². The maximum atomic E-state index is 5.50. The lowest BCUT2D eigenvalue weighted by molar-refractivity contribution is 0.0669. The second-order valence-electron chi connectivity index (χ2n) is 4.32. The minimum Gasteiger partial charge on any atom is -0.380 e. The van der Waals surface area contributed by atoms with Crippen molar-refractivity contribution in [3.8, 4) is 0 Å². The van der Waals surface area contributed by atoms with Gasteiger partial charge in [-0.25, -0.2) is 4.98 Å². The molecule has 98 valence electrons. The average Bonchev–Trinajstić information content (AvgIpc) is 2.77. The maximum Gasteiger partial charge on any atom is 0.110 e. The van der Waals surface area contributed by atoms with Crippen LogP contribution in [0.15, 0.2) is 12.4 Å². The van der Waals surface area contributed by atoms with Gasteiger partial charge in [-0.1, -0.05) is 13.8 Å². The number of hydrogen-bond donors (Lipinski definition) is 1. The molecule has 4 heteroatoms. The number of aryl methyl sites for hydroxylation is 1. The lowest BCUT2D eigenvalue weighted by atomic mass is 10.0. The number of ether oxygens (including phenoxy) is 1. The Morgan fingerprint density at radius 1 is 1.47 bits per heavy atom. The minimum atomic E-state index is 0.242. The van der Waals surface area contributed by atoms with Gasteiger partial charge >= 0.3 is 0 Å². The van der Waals surface area contributed by atoms with E-state index in [1.165, 1.54) is 0 Å². The van der Waals surface area contributed by atoms with E-state index in [0.29, 0.717) is 6.04 Å². The summed E-state index contributed by atoms with van der Waals surface area (Å²) in [5.74, 6) is 1.14. The van der Waals surface area contributed by atoms with Gasteiger partial charge in [0.1, 0.15) is 5.82 Å². The van der Waals surface area contributed by atoms with E-state index in [1.807, 2.05) is 13.2 Å². The van der Waals surface area contributed by atoms with Crippen molar-refractivity contribution in [3.63, 3.8) is 0 Å². The van der Waals surface area contributed by atoms with Gasteiger partial charge in [0.25, 0.3) is 0 Å². The molecular formula is C13H25N3O. The monoisotopic (exact) mass is 239 g/mol. The van der Waals surface area contributed by atoms with Crippen LogP contribution in [0.5, 0.6) is 0 Å². The van der Waals surface area contributed by atoms with E-state index in [9.17, 15) is 0 Å². The van der Waals surface area contributed by atoms with E-state index in [-0.39, 0.29) is 6.10 Å². The smallest absolute Gasteiger partial charge is 0.110 e. The molecule has 0 radical (unpaired) electrons. The van der Waals surface area contributed by atoms with Gasteiger partial charge in [-0.3, -0.25) is 0 Å². The molecule has 4 nitrogen and oxygen atoms in total. The van der Waals surface area contributed by atoms with Gasteiger partial charge < -0.3 is 14.6 Å². The van der Waals surface area contributed by atoms with Crippen molar-refractivity contribution >= 4 is 0 Å². The minimum absolute atomic E-state index is 0.242. The molecular weight excluding hydrogens is 214 g/mol. The Bertz CT molecular complexity index is 307. The molecule has 0 aromatic carbocycles. The number of nitrogens with zero attached hydrogens (tertiary/aromatic N) is 2. The van der Waals surface area contributed by atoms with Crippen molar-refractivity contribution in [1.29, 1.82) is 0 Å². The van der Waals surface area contributed by atoms with Gasteiger partial charge in [0.2, 0.25) is 0 Å². The zero-order valence-corrected chi connectivity index (χ0v) is 11.4. The van der Waals surface area contributed by atoms with E-state index in [0.717, 1.165) is 31.6 Å². The Hall–Kier alpha value is -0.870. The van der Waals surface area contributed by atoms with Crippen molar-refractivity contribution in [3.05, 3.63) is 18.2 Å². The summed E-state index contributed by atoms with van der Waals surface area (Å²) in [5.41, 5.74) is 0. The maximum absolute atomic E-state index is 5.50. The molecule has 0 aliphatic heterocycles. The highest BCUT2D eigenvalue weighted by molar-refractivity contribution is 4.97. The van der Waals surface area contributed by atoms with Crippen molar-refractivity contribution < 1.29 is 4.74 Å². The van der Waals surface area contributed by atoms with Crippen LogP contribution in [0.25, 0.3) is 0 Å². The molecule has 0 saturated heterocycles. The number of likely N-dealkylation sites (N-methyl/N-ethyl adjacent to an activating group) is 1. The van der Waals surface area contributed by atoms with E-state index in [1.54, 1.807) is 7.11 Å². The van der Waals surface area contributed by atoms with E-state index in [2.05, 4.69) is 34.9 Å². The number of hydrogen-bond acceptors (Lipinski definition) is 3. The average molecular weight is 239 g/mol. The molecule has 0 bridgehead atoms. The second kappa shape index (κ2) is 7.45. The highest BCUT2D eigenvalue weighted by Gasteiger charge is 2.20. The third kappa shape index (κ3) is 3.82. The first-order chi connectivity index (χ1) is 8.26. The normalized spacial score (nSPS) is 14.8. The fourth-order valence-corrected chi connectivity index (χ4v) is 2.21. The van der Waals surface area contributed by atoms with Crippen LogP contribution in [0.2, 0.25) is 0 Å². The highest BCUT2D eigenvalue weighted by atomic mass is 16.5. The van der Waals surface area contributed by atoms with Crippen LogP contribution in [0.3, 0.4) is 0 Å². The lowest BCUT2D eigenvalue weighted by Gasteiger charge is -2.24. The van der Waals surface area contributed by atoms with E-state index in [4.69, 9.17) is 4.74 Å². The van der Waals surface area contributed by atoms with Crippen LogP contribution in [0.1, 0.15) is 32.5 Å². The van der Waals surface area contributed by atoms with Crippen molar-refractivity contribution in [2.45, 2.75) is 51.8 Å². The summed E-state index contributed by atoms with van der Waals surface area (Å²) >= 11 is 0. The van der Waals surface area contributed by atoms with E-state index >= 15 is 0 Å². The molecule has 0 saturated carbocycles. The Balaban J connectivity index is 2.69. The number of imidazole rings is 1. The van der Waals surface area contributed by atoms with Crippen LogP contribution >= 0.6 is 0 Å². The van der Waals surface area contributed by atoms with Gasteiger partial charge in [-0.15, -0.1) is 0 Å². The summed E-state index contributed by atoms with van der Waals surface area (Å²) in [4.78, 5) is 4.44. The molecule has 0 amide bonds. The van der Waals surface area contributed by atoms with Gasteiger partial charge in [0.05, 0.1) is 6.10 Å². The summed E-state index contributed by atoms with van der Waals surface area (Å²) in [6.07, 6.45) is 7.23. The van der Waals surface area contributed by atoms with Crippen LogP contribution in [0.4, 0.5) is 0 Å². The molecule has 2 unspecified atom stereocenters. The van der Waals surface area contributed by atoms with Gasteiger partial charge in [-0.2, -0.15) is 0 Å². The van der Waals surface area contributed by atoms with Gasteiger partial charge in [0, 0.05) is 38.5 Å². The predicted molar refractivity (Wildman–Crippen MR) is 70.2 cm³/mol. The third-order valence-electron chi connectivity index (χ3n) is 3.19. The van der Waals surface area contributed by atoms with Crippen molar-refractivity contribution in [2.75, 3.05) is 14.2 Å². The molecule has 17 heavy (non-hydrogen) atoms. The van der Waals surface area contributed by atoms with E-state index < -0.39 is 0 Å². The molecule has 0 aliphatic carbocycles. The number of methoxy groups -OCH3 is 1. The molecule has 1 aromatic heterocycles. The first kappa shape index (κ1) is 14.2. The van der Waals surface area contributed by atoms with Crippen LogP contribution in [-0.4, -0.2) is 35.9 Å². The SMILES string of the molecule is CCCn1ccnc1CC(NC)C(CC)OC. The molecule has 1 aromatic rings. The molecule has 0 aliphatic rings. The lowest BCUT2D eigenvalue weighted by Crippen LogP contribution is -2.40. The van der Waals surface area contributed by atoms with Crippen molar-refractivity contribution in [1.82, 2.24) is 14.9 Å². The number of nitrogens with one attached hydrogen (secondary N) is 1. The van der Waals surface area contributed by atoms with Crippen LogP contribution < -0.4 is 5.32 Å². The Morgan fingerprint density at radius 3 is 2.76 bits per heavy atom. The standard InChI is InChI=1S/C13H25N3O/c1-5-8-16-9-7-15-13(16)10-11(14-3)12(6-2)17-4/h7,9,11-12,14H,5-6,8,10H2,1-4H3. The molecule has 0 fully saturated rings. The summed E-state index contributed by atoms with van der Waals surface area (Å²) < 4.78 is 7.73. The zero-order chi connectivity index (χ0) is 12.7. The van der Waals surface area contributed by atoms with Crippen LogP contribution in [0, 0.1) is 0 Å². The first-order valence-electron chi connectivity index (χ1n) is 6.46. The largest absolute Gasteiger partial charge is 0.380 e. The summed E-state index contributed by atoms with van der Waals surface area (Å²) in [6.45, 7) is 5.37. The molecule has 1 N–H and O–H groups in total. The number of aromatic nitrogens is 2. The summed E-state index contributed by atoms with van der Waals surface area (Å²) in [7, 11) is 3.76. The molecule has 1 heterocycles. The van der Waals surface area contributed by atoms with Crippen LogP contribution in [-0.2, 0) is 17.7 Å². The highest BCUT2D eigenvalue weighted by Crippen LogP contribution is 2.10. The fraction of sp³-hybridized carbons (Fsp3) is 0.769. The molecule has 2 atom stereocenters. The summed E-state index contributed by atoms with van der Waals surface area (Å²) in [6, 6.07) is 0.322. The molecule has 1 rings (SSSR count). The second-order valence-corrected chi connectivity index (χ2v) is 4.32. The molecule has 0 spiro atoms. The third-order valence-corrected chi connectivity index (χ3v) is 3.19. The number of rotatable bonds is 8. The zero-order valence-electron chi connectivity index (χ0n) is 11.4. The Kier molecular flexibility index (Phi) is 6.22. The van der Waals surface area contributed by atoms with Gasteiger partial charge in [-0.05, 0) is 19.9 Å². The quantitative estimate of drug-likeness (QED) is 0.752. The summed E-state index contributed by atoms with van der Waals surface area (Å²) in [5, 5.41) is 3.33. The Labute approximate surface area is 104 Å². The van der Waals surface area contributed by atoms with Gasteiger partial charge in [0.15, 0.2) is 0 Å². The topological polar surface area (TPSA) is 39.1 Å². The first-order valence-corrected chi connectivity index (χ1v) is 6.46. The Morgan fingerprint density at radius 2 is 2.24 bits per heavy atom. The fourth-order valence-electron chi connectivity index (χ4n) is 2.21. The predicted octanol–water partition coefficient (Wildman–Crippen LogP) is 1.85.